The average Bonchev–Trinajstić information content (AvgIpc) is 2.20. The van der Waals surface area contributed by atoms with Gasteiger partial charge in [0.15, 0.2) is 0 Å². The molecule has 3 heteroatoms. The third-order valence-corrected chi connectivity index (χ3v) is 2.95. The minimum atomic E-state index is 0.645. The molecule has 1 aliphatic rings. The molecule has 3 nitrogen and oxygen atoms in total. The SMILES string of the molecule is CCC(N(C)CC)N1CCNCC1. The zero-order chi connectivity index (χ0) is 9.68. The van der Waals surface area contributed by atoms with Gasteiger partial charge in [0.1, 0.15) is 0 Å². The summed E-state index contributed by atoms with van der Waals surface area (Å²) in [5.41, 5.74) is 0. The van der Waals surface area contributed by atoms with E-state index in [1.54, 1.807) is 0 Å². The Hall–Kier alpha value is -0.120. The van der Waals surface area contributed by atoms with Crippen molar-refractivity contribution in [3.8, 4) is 0 Å². The van der Waals surface area contributed by atoms with Gasteiger partial charge in [-0.3, -0.25) is 9.80 Å². The maximum atomic E-state index is 3.39. The van der Waals surface area contributed by atoms with Crippen LogP contribution in [0.25, 0.3) is 0 Å². The van der Waals surface area contributed by atoms with Crippen LogP contribution in [0.2, 0.25) is 0 Å². The molecule has 1 heterocycles. The molecule has 0 bridgehead atoms. The lowest BCUT2D eigenvalue weighted by Gasteiger charge is -2.39. The standard InChI is InChI=1S/C10H23N3/c1-4-10(12(3)5-2)13-8-6-11-7-9-13/h10-11H,4-9H2,1-3H3. The summed E-state index contributed by atoms with van der Waals surface area (Å²) in [4.78, 5) is 5.02. The molecule has 1 rings (SSSR count). The van der Waals surface area contributed by atoms with Gasteiger partial charge in [0, 0.05) is 26.2 Å². The zero-order valence-corrected chi connectivity index (χ0v) is 9.21. The van der Waals surface area contributed by atoms with Gasteiger partial charge in [0.25, 0.3) is 0 Å². The molecule has 1 saturated heterocycles. The molecule has 0 radical (unpaired) electrons. The van der Waals surface area contributed by atoms with Crippen molar-refractivity contribution >= 4 is 0 Å². The van der Waals surface area contributed by atoms with E-state index in [2.05, 4.69) is 36.0 Å². The quantitative estimate of drug-likeness (QED) is 0.691. The first-order chi connectivity index (χ1) is 6.29. The van der Waals surface area contributed by atoms with Crippen LogP contribution < -0.4 is 5.32 Å². The second-order valence-electron chi connectivity index (χ2n) is 3.75. The van der Waals surface area contributed by atoms with Crippen molar-refractivity contribution in [2.75, 3.05) is 39.8 Å². The van der Waals surface area contributed by atoms with Gasteiger partial charge in [0.2, 0.25) is 0 Å². The molecule has 13 heavy (non-hydrogen) atoms. The highest BCUT2D eigenvalue weighted by atomic mass is 15.4. The summed E-state index contributed by atoms with van der Waals surface area (Å²) in [7, 11) is 2.22. The van der Waals surface area contributed by atoms with E-state index in [1.807, 2.05) is 0 Å². The van der Waals surface area contributed by atoms with Crippen LogP contribution in [0.3, 0.4) is 0 Å². The Morgan fingerprint density at radius 1 is 1.31 bits per heavy atom. The number of nitrogens with zero attached hydrogens (tertiary/aromatic N) is 2. The van der Waals surface area contributed by atoms with Gasteiger partial charge in [0.05, 0.1) is 6.17 Å². The molecule has 0 aliphatic carbocycles. The van der Waals surface area contributed by atoms with Crippen molar-refractivity contribution < 1.29 is 0 Å². The van der Waals surface area contributed by atoms with Gasteiger partial charge in [-0.2, -0.15) is 0 Å². The Morgan fingerprint density at radius 3 is 2.38 bits per heavy atom. The molecule has 0 aromatic rings. The first kappa shape index (κ1) is 11.0. The Balaban J connectivity index is 2.43. The molecular formula is C10H23N3. The Bertz CT molecular complexity index is 132. The summed E-state index contributed by atoms with van der Waals surface area (Å²) < 4.78 is 0. The lowest BCUT2D eigenvalue weighted by molar-refractivity contribution is 0.0516. The van der Waals surface area contributed by atoms with Crippen LogP contribution in [-0.2, 0) is 0 Å². The Labute approximate surface area is 82.1 Å². The highest BCUT2D eigenvalue weighted by molar-refractivity contribution is 4.74. The third kappa shape index (κ3) is 2.93. The number of hydrogen-bond donors (Lipinski definition) is 1. The fourth-order valence-corrected chi connectivity index (χ4v) is 2.04. The summed E-state index contributed by atoms with van der Waals surface area (Å²) in [6, 6.07) is 0. The van der Waals surface area contributed by atoms with Crippen LogP contribution in [0.15, 0.2) is 0 Å². The fraction of sp³-hybridized carbons (Fsp3) is 1.00. The molecule has 1 atom stereocenters. The topological polar surface area (TPSA) is 18.5 Å². The van der Waals surface area contributed by atoms with Crippen LogP contribution >= 0.6 is 0 Å². The van der Waals surface area contributed by atoms with E-state index in [4.69, 9.17) is 0 Å². The molecule has 0 aromatic heterocycles. The molecule has 1 N–H and O–H groups in total. The highest BCUT2D eigenvalue weighted by Gasteiger charge is 2.21. The summed E-state index contributed by atoms with van der Waals surface area (Å²) in [6.07, 6.45) is 1.87. The number of rotatable bonds is 4. The van der Waals surface area contributed by atoms with E-state index >= 15 is 0 Å². The smallest absolute Gasteiger partial charge is 0.0618 e. The van der Waals surface area contributed by atoms with Crippen LogP contribution in [0.1, 0.15) is 20.3 Å². The van der Waals surface area contributed by atoms with Gasteiger partial charge in [-0.05, 0) is 20.0 Å². The van der Waals surface area contributed by atoms with Crippen molar-refractivity contribution in [3.05, 3.63) is 0 Å². The van der Waals surface area contributed by atoms with Gasteiger partial charge in [-0.25, -0.2) is 0 Å². The lowest BCUT2D eigenvalue weighted by atomic mass is 10.2. The molecule has 0 spiro atoms. The molecule has 1 aliphatic heterocycles. The monoisotopic (exact) mass is 185 g/mol. The van der Waals surface area contributed by atoms with E-state index in [-0.39, 0.29) is 0 Å². The first-order valence-electron chi connectivity index (χ1n) is 5.44. The van der Waals surface area contributed by atoms with Crippen molar-refractivity contribution in [2.45, 2.75) is 26.4 Å². The summed E-state index contributed by atoms with van der Waals surface area (Å²) in [6.45, 7) is 10.3. The number of hydrogen-bond acceptors (Lipinski definition) is 3. The van der Waals surface area contributed by atoms with Gasteiger partial charge < -0.3 is 5.32 Å². The Morgan fingerprint density at radius 2 is 1.92 bits per heavy atom. The molecule has 0 amide bonds. The van der Waals surface area contributed by atoms with Crippen LogP contribution in [0.5, 0.6) is 0 Å². The predicted octanol–water partition coefficient (Wildman–Crippen LogP) is 0.579. The van der Waals surface area contributed by atoms with Crippen LogP contribution in [0.4, 0.5) is 0 Å². The van der Waals surface area contributed by atoms with Gasteiger partial charge in [-0.1, -0.05) is 13.8 Å². The average molecular weight is 185 g/mol. The number of piperazine rings is 1. The van der Waals surface area contributed by atoms with E-state index in [1.165, 1.54) is 19.5 Å². The van der Waals surface area contributed by atoms with E-state index < -0.39 is 0 Å². The molecule has 0 aromatic carbocycles. The van der Waals surface area contributed by atoms with E-state index in [9.17, 15) is 0 Å². The summed E-state index contributed by atoms with van der Waals surface area (Å²) in [5.74, 6) is 0. The maximum absolute atomic E-state index is 3.39. The maximum Gasteiger partial charge on any atom is 0.0618 e. The molecule has 1 unspecified atom stereocenters. The highest BCUT2D eigenvalue weighted by Crippen LogP contribution is 2.08. The van der Waals surface area contributed by atoms with E-state index in [0.717, 1.165) is 19.6 Å². The van der Waals surface area contributed by atoms with Crippen molar-refractivity contribution in [2.24, 2.45) is 0 Å². The van der Waals surface area contributed by atoms with Crippen LogP contribution in [0, 0.1) is 0 Å². The Kier molecular flexibility index (Phi) is 4.70. The second kappa shape index (κ2) is 5.58. The summed E-state index contributed by atoms with van der Waals surface area (Å²) in [5, 5.41) is 3.39. The van der Waals surface area contributed by atoms with Gasteiger partial charge >= 0.3 is 0 Å². The molecule has 0 saturated carbocycles. The minimum absolute atomic E-state index is 0.645. The van der Waals surface area contributed by atoms with Crippen molar-refractivity contribution in [1.82, 2.24) is 15.1 Å². The fourth-order valence-electron chi connectivity index (χ4n) is 2.04. The summed E-state index contributed by atoms with van der Waals surface area (Å²) >= 11 is 0. The first-order valence-corrected chi connectivity index (χ1v) is 5.44. The molecule has 78 valence electrons. The van der Waals surface area contributed by atoms with E-state index in [0.29, 0.717) is 6.17 Å². The van der Waals surface area contributed by atoms with Gasteiger partial charge in [-0.15, -0.1) is 0 Å². The predicted molar refractivity (Wildman–Crippen MR) is 56.8 cm³/mol. The minimum Gasteiger partial charge on any atom is -0.314 e. The van der Waals surface area contributed by atoms with Crippen molar-refractivity contribution in [3.63, 3.8) is 0 Å². The largest absolute Gasteiger partial charge is 0.314 e. The third-order valence-electron chi connectivity index (χ3n) is 2.95. The lowest BCUT2D eigenvalue weighted by Crippen LogP contribution is -2.53. The second-order valence-corrected chi connectivity index (χ2v) is 3.75. The van der Waals surface area contributed by atoms with Crippen LogP contribution in [-0.4, -0.2) is 55.7 Å². The zero-order valence-electron chi connectivity index (χ0n) is 9.21. The molecular weight excluding hydrogens is 162 g/mol. The number of nitrogens with one attached hydrogen (secondary N) is 1. The normalized spacial score (nSPS) is 22.2. The molecule has 1 fully saturated rings. The van der Waals surface area contributed by atoms with Crippen molar-refractivity contribution in [1.29, 1.82) is 0 Å².